The SMILES string of the molecule is CC(C)(C)Nc1cccc(-c2cncs2)c1. The van der Waals surface area contributed by atoms with Gasteiger partial charge in [0.25, 0.3) is 0 Å². The smallest absolute Gasteiger partial charge is 0.0797 e. The highest BCUT2D eigenvalue weighted by Gasteiger charge is 2.09. The second-order valence-corrected chi connectivity index (χ2v) is 5.71. The van der Waals surface area contributed by atoms with Crippen molar-refractivity contribution in [2.24, 2.45) is 0 Å². The van der Waals surface area contributed by atoms with Crippen LogP contribution in [0.5, 0.6) is 0 Å². The summed E-state index contributed by atoms with van der Waals surface area (Å²) in [5, 5.41) is 3.47. The Morgan fingerprint density at radius 2 is 2.06 bits per heavy atom. The second kappa shape index (κ2) is 4.26. The van der Waals surface area contributed by atoms with Crippen molar-refractivity contribution < 1.29 is 0 Å². The average molecular weight is 232 g/mol. The topological polar surface area (TPSA) is 24.9 Å². The van der Waals surface area contributed by atoms with E-state index in [4.69, 9.17) is 0 Å². The minimum absolute atomic E-state index is 0.0896. The van der Waals surface area contributed by atoms with Gasteiger partial charge in [0.05, 0.1) is 10.4 Å². The van der Waals surface area contributed by atoms with Crippen LogP contribution in [-0.2, 0) is 0 Å². The summed E-state index contributed by atoms with van der Waals surface area (Å²) < 4.78 is 0. The molecule has 0 saturated heterocycles. The van der Waals surface area contributed by atoms with E-state index in [1.807, 2.05) is 11.7 Å². The van der Waals surface area contributed by atoms with Crippen molar-refractivity contribution in [3.05, 3.63) is 36.0 Å². The summed E-state index contributed by atoms with van der Waals surface area (Å²) in [7, 11) is 0. The van der Waals surface area contributed by atoms with Gasteiger partial charge >= 0.3 is 0 Å². The largest absolute Gasteiger partial charge is 0.380 e. The third-order valence-corrected chi connectivity index (χ3v) is 2.92. The zero-order chi connectivity index (χ0) is 11.6. The summed E-state index contributed by atoms with van der Waals surface area (Å²) in [6.07, 6.45) is 1.90. The maximum absolute atomic E-state index is 4.10. The van der Waals surface area contributed by atoms with E-state index < -0.39 is 0 Å². The van der Waals surface area contributed by atoms with E-state index in [0.717, 1.165) is 5.69 Å². The van der Waals surface area contributed by atoms with Crippen LogP contribution in [0, 0.1) is 0 Å². The minimum atomic E-state index is 0.0896. The number of hydrogen-bond acceptors (Lipinski definition) is 3. The molecule has 1 aromatic carbocycles. The maximum Gasteiger partial charge on any atom is 0.0797 e. The van der Waals surface area contributed by atoms with Crippen molar-refractivity contribution in [2.75, 3.05) is 5.32 Å². The summed E-state index contributed by atoms with van der Waals surface area (Å²) in [5.41, 5.74) is 4.32. The number of thiazole rings is 1. The van der Waals surface area contributed by atoms with Gasteiger partial charge in [0.2, 0.25) is 0 Å². The Kier molecular flexibility index (Phi) is 2.97. The third kappa shape index (κ3) is 2.83. The number of aromatic nitrogens is 1. The van der Waals surface area contributed by atoms with Crippen LogP contribution < -0.4 is 5.32 Å². The zero-order valence-electron chi connectivity index (χ0n) is 9.82. The Morgan fingerprint density at radius 3 is 2.69 bits per heavy atom. The minimum Gasteiger partial charge on any atom is -0.380 e. The van der Waals surface area contributed by atoms with E-state index in [9.17, 15) is 0 Å². The molecule has 0 aliphatic heterocycles. The highest BCUT2D eigenvalue weighted by Crippen LogP contribution is 2.26. The van der Waals surface area contributed by atoms with E-state index in [-0.39, 0.29) is 5.54 Å². The van der Waals surface area contributed by atoms with Crippen LogP contribution in [0.3, 0.4) is 0 Å². The second-order valence-electron chi connectivity index (χ2n) is 4.82. The molecule has 3 heteroatoms. The lowest BCUT2D eigenvalue weighted by Crippen LogP contribution is -2.25. The molecule has 0 saturated carbocycles. The Balaban J connectivity index is 2.27. The van der Waals surface area contributed by atoms with Crippen molar-refractivity contribution in [3.63, 3.8) is 0 Å². The first-order valence-electron chi connectivity index (χ1n) is 5.32. The predicted octanol–water partition coefficient (Wildman–Crippen LogP) is 4.02. The Morgan fingerprint density at radius 1 is 1.25 bits per heavy atom. The molecule has 1 N–H and O–H groups in total. The summed E-state index contributed by atoms with van der Waals surface area (Å²) in [6.45, 7) is 6.48. The van der Waals surface area contributed by atoms with Gasteiger partial charge in [-0.25, -0.2) is 0 Å². The van der Waals surface area contributed by atoms with Gasteiger partial charge in [-0.3, -0.25) is 4.98 Å². The first kappa shape index (κ1) is 11.1. The number of hydrogen-bond donors (Lipinski definition) is 1. The van der Waals surface area contributed by atoms with Crippen LogP contribution >= 0.6 is 11.3 Å². The lowest BCUT2D eigenvalue weighted by molar-refractivity contribution is 0.634. The fourth-order valence-electron chi connectivity index (χ4n) is 1.54. The quantitative estimate of drug-likeness (QED) is 0.846. The first-order chi connectivity index (χ1) is 7.54. The Bertz CT molecular complexity index is 455. The summed E-state index contributed by atoms with van der Waals surface area (Å²) in [4.78, 5) is 5.31. The van der Waals surface area contributed by atoms with Crippen molar-refractivity contribution in [3.8, 4) is 10.4 Å². The molecule has 0 amide bonds. The standard InChI is InChI=1S/C13H16N2S/c1-13(2,3)15-11-6-4-5-10(7-11)12-8-14-9-16-12/h4-9,15H,1-3H3. The normalized spacial score (nSPS) is 11.4. The van der Waals surface area contributed by atoms with Crippen LogP contribution in [0.1, 0.15) is 20.8 Å². The van der Waals surface area contributed by atoms with Gasteiger partial charge < -0.3 is 5.32 Å². The van der Waals surface area contributed by atoms with Gasteiger partial charge in [0, 0.05) is 17.4 Å². The summed E-state index contributed by atoms with van der Waals surface area (Å²) in [6, 6.07) is 8.44. The number of benzene rings is 1. The molecule has 0 aliphatic rings. The molecule has 16 heavy (non-hydrogen) atoms. The fourth-order valence-corrected chi connectivity index (χ4v) is 2.16. The molecule has 0 atom stereocenters. The molecule has 1 heterocycles. The molecule has 2 nitrogen and oxygen atoms in total. The highest BCUT2D eigenvalue weighted by atomic mass is 32.1. The molecule has 1 aromatic heterocycles. The lowest BCUT2D eigenvalue weighted by atomic mass is 10.1. The highest BCUT2D eigenvalue weighted by molar-refractivity contribution is 7.13. The Labute approximate surface area is 100 Å². The van der Waals surface area contributed by atoms with Crippen LogP contribution in [0.15, 0.2) is 36.0 Å². The summed E-state index contributed by atoms with van der Waals surface area (Å²) in [5.74, 6) is 0. The molecule has 2 rings (SSSR count). The molecule has 0 radical (unpaired) electrons. The predicted molar refractivity (Wildman–Crippen MR) is 70.9 cm³/mol. The summed E-state index contributed by atoms with van der Waals surface area (Å²) >= 11 is 1.66. The van der Waals surface area contributed by atoms with Crippen LogP contribution in [0.2, 0.25) is 0 Å². The number of nitrogens with zero attached hydrogens (tertiary/aromatic N) is 1. The zero-order valence-corrected chi connectivity index (χ0v) is 10.6. The third-order valence-electron chi connectivity index (χ3n) is 2.10. The molecule has 0 unspecified atom stereocenters. The molecular weight excluding hydrogens is 216 g/mol. The van der Waals surface area contributed by atoms with E-state index in [2.05, 4.69) is 55.3 Å². The van der Waals surface area contributed by atoms with Gasteiger partial charge in [0.15, 0.2) is 0 Å². The van der Waals surface area contributed by atoms with Crippen molar-refractivity contribution in [2.45, 2.75) is 26.3 Å². The van der Waals surface area contributed by atoms with Gasteiger partial charge in [-0.15, -0.1) is 11.3 Å². The fraction of sp³-hybridized carbons (Fsp3) is 0.308. The van der Waals surface area contributed by atoms with Crippen LogP contribution in [-0.4, -0.2) is 10.5 Å². The number of anilines is 1. The monoisotopic (exact) mass is 232 g/mol. The van der Waals surface area contributed by atoms with E-state index in [0.29, 0.717) is 0 Å². The molecular formula is C13H16N2S. The molecule has 0 spiro atoms. The Hall–Kier alpha value is -1.35. The van der Waals surface area contributed by atoms with E-state index >= 15 is 0 Å². The first-order valence-corrected chi connectivity index (χ1v) is 6.20. The molecule has 84 valence electrons. The molecule has 0 fully saturated rings. The van der Waals surface area contributed by atoms with Crippen molar-refractivity contribution in [1.29, 1.82) is 0 Å². The van der Waals surface area contributed by atoms with Gasteiger partial charge in [-0.05, 0) is 38.5 Å². The van der Waals surface area contributed by atoms with Crippen LogP contribution in [0.25, 0.3) is 10.4 Å². The van der Waals surface area contributed by atoms with E-state index in [1.54, 1.807) is 11.3 Å². The van der Waals surface area contributed by atoms with E-state index in [1.165, 1.54) is 10.4 Å². The van der Waals surface area contributed by atoms with Gasteiger partial charge in [0.1, 0.15) is 0 Å². The molecule has 0 aliphatic carbocycles. The van der Waals surface area contributed by atoms with Crippen molar-refractivity contribution >= 4 is 17.0 Å². The van der Waals surface area contributed by atoms with Gasteiger partial charge in [-0.2, -0.15) is 0 Å². The maximum atomic E-state index is 4.10. The lowest BCUT2D eigenvalue weighted by Gasteiger charge is -2.22. The van der Waals surface area contributed by atoms with Gasteiger partial charge in [-0.1, -0.05) is 12.1 Å². The molecule has 0 bridgehead atoms. The number of nitrogens with one attached hydrogen (secondary N) is 1. The van der Waals surface area contributed by atoms with Crippen molar-refractivity contribution in [1.82, 2.24) is 4.98 Å². The average Bonchev–Trinajstić information content (AvgIpc) is 2.68. The molecule has 2 aromatic rings. The number of rotatable bonds is 2. The van der Waals surface area contributed by atoms with Crippen LogP contribution in [0.4, 0.5) is 5.69 Å².